The van der Waals surface area contributed by atoms with Crippen LogP contribution in [0.5, 0.6) is 0 Å². The number of hydrogen-bond donors (Lipinski definition) is 3. The Labute approximate surface area is 167 Å². The van der Waals surface area contributed by atoms with Crippen LogP contribution in [0.2, 0.25) is 0 Å². The zero-order valence-electron chi connectivity index (χ0n) is 16.9. The Balaban J connectivity index is 1.67. The maximum absolute atomic E-state index is 11.9. The minimum Gasteiger partial charge on any atom is -0.357 e. The molecule has 1 aromatic rings. The Hall–Kier alpha value is -2.57. The average molecular weight is 386 g/mol. The van der Waals surface area contributed by atoms with Crippen molar-refractivity contribution in [2.24, 2.45) is 10.4 Å². The van der Waals surface area contributed by atoms with Gasteiger partial charge in [-0.3, -0.25) is 9.59 Å². The molecule has 2 amide bonds. The van der Waals surface area contributed by atoms with E-state index in [1.807, 2.05) is 31.2 Å². The van der Waals surface area contributed by atoms with Crippen LogP contribution in [-0.4, -0.2) is 55.4 Å². The first kappa shape index (κ1) is 20.2. The molecule has 0 bridgehead atoms. The number of benzene rings is 1. The molecule has 28 heavy (non-hydrogen) atoms. The summed E-state index contributed by atoms with van der Waals surface area (Å²) in [6, 6.07) is 7.59. The molecule has 1 aromatic carbocycles. The first-order chi connectivity index (χ1) is 13.5. The van der Waals surface area contributed by atoms with E-state index in [4.69, 9.17) is 4.99 Å². The molecule has 1 unspecified atom stereocenters. The minimum absolute atomic E-state index is 0.0415. The lowest BCUT2D eigenvalue weighted by atomic mass is 9.79. The molecule has 2 heterocycles. The van der Waals surface area contributed by atoms with Crippen LogP contribution in [0.4, 0.5) is 0 Å². The molecule has 1 spiro atoms. The van der Waals surface area contributed by atoms with Crippen molar-refractivity contribution >= 4 is 17.8 Å². The third kappa shape index (κ3) is 4.82. The van der Waals surface area contributed by atoms with Gasteiger partial charge in [0, 0.05) is 50.1 Å². The lowest BCUT2D eigenvalue weighted by Gasteiger charge is -2.40. The SMILES string of the molecule is CCNC(=O)c1ccc(CN=C(NCC)N2CCCC3(CNC(=O)C3)C2)cc1. The number of rotatable bonds is 5. The van der Waals surface area contributed by atoms with Gasteiger partial charge in [-0.2, -0.15) is 0 Å². The molecule has 152 valence electrons. The van der Waals surface area contributed by atoms with Gasteiger partial charge in [0.15, 0.2) is 5.96 Å². The topological polar surface area (TPSA) is 85.8 Å². The van der Waals surface area contributed by atoms with Crippen molar-refractivity contribution in [1.29, 1.82) is 0 Å². The van der Waals surface area contributed by atoms with Crippen molar-refractivity contribution in [2.45, 2.75) is 39.7 Å². The predicted molar refractivity (Wildman–Crippen MR) is 110 cm³/mol. The monoisotopic (exact) mass is 385 g/mol. The summed E-state index contributed by atoms with van der Waals surface area (Å²) < 4.78 is 0. The molecule has 1 atom stereocenters. The van der Waals surface area contributed by atoms with Crippen molar-refractivity contribution in [3.63, 3.8) is 0 Å². The second-order valence-corrected chi connectivity index (χ2v) is 7.71. The van der Waals surface area contributed by atoms with Gasteiger partial charge in [0.05, 0.1) is 6.54 Å². The molecule has 2 aliphatic heterocycles. The second-order valence-electron chi connectivity index (χ2n) is 7.71. The van der Waals surface area contributed by atoms with Gasteiger partial charge < -0.3 is 20.9 Å². The largest absolute Gasteiger partial charge is 0.357 e. The van der Waals surface area contributed by atoms with E-state index < -0.39 is 0 Å². The van der Waals surface area contributed by atoms with Crippen LogP contribution in [0.3, 0.4) is 0 Å². The Morgan fingerprint density at radius 1 is 1.21 bits per heavy atom. The van der Waals surface area contributed by atoms with E-state index >= 15 is 0 Å². The molecule has 7 nitrogen and oxygen atoms in total. The highest BCUT2D eigenvalue weighted by Gasteiger charge is 2.42. The standard InChI is InChI=1S/C21H31N5O2/c1-3-22-19(28)17-8-6-16(7-9-17)13-24-20(23-4-2)26-11-5-10-21(15-26)12-18(27)25-14-21/h6-9H,3-5,10-15H2,1-2H3,(H,22,28)(H,23,24)(H,25,27). The van der Waals surface area contributed by atoms with Crippen LogP contribution in [-0.2, 0) is 11.3 Å². The molecule has 0 radical (unpaired) electrons. The summed E-state index contributed by atoms with van der Waals surface area (Å²) in [4.78, 5) is 30.7. The van der Waals surface area contributed by atoms with Gasteiger partial charge in [0.2, 0.25) is 5.91 Å². The van der Waals surface area contributed by atoms with Crippen LogP contribution in [0, 0.1) is 5.41 Å². The van der Waals surface area contributed by atoms with Crippen LogP contribution >= 0.6 is 0 Å². The number of nitrogens with zero attached hydrogens (tertiary/aromatic N) is 2. The molecule has 7 heteroatoms. The highest BCUT2D eigenvalue weighted by molar-refractivity contribution is 5.94. The summed E-state index contributed by atoms with van der Waals surface area (Å²) in [5.41, 5.74) is 1.77. The van der Waals surface area contributed by atoms with E-state index in [9.17, 15) is 9.59 Å². The summed E-state index contributed by atoms with van der Waals surface area (Å²) in [5.74, 6) is 1.01. The van der Waals surface area contributed by atoms with Gasteiger partial charge in [0.25, 0.3) is 5.91 Å². The third-order valence-electron chi connectivity index (χ3n) is 5.46. The smallest absolute Gasteiger partial charge is 0.251 e. The molecular formula is C21H31N5O2. The zero-order valence-corrected chi connectivity index (χ0v) is 16.9. The van der Waals surface area contributed by atoms with Gasteiger partial charge in [-0.1, -0.05) is 12.1 Å². The first-order valence-electron chi connectivity index (χ1n) is 10.2. The number of guanidine groups is 1. The van der Waals surface area contributed by atoms with E-state index in [2.05, 4.69) is 27.8 Å². The van der Waals surface area contributed by atoms with Gasteiger partial charge >= 0.3 is 0 Å². The molecule has 2 saturated heterocycles. The summed E-state index contributed by atoms with van der Waals surface area (Å²) >= 11 is 0. The molecule has 0 saturated carbocycles. The average Bonchev–Trinajstić information content (AvgIpc) is 3.05. The number of carbonyl (C=O) groups excluding carboxylic acids is 2. The van der Waals surface area contributed by atoms with Crippen LogP contribution in [0.1, 0.15) is 49.0 Å². The van der Waals surface area contributed by atoms with Crippen molar-refractivity contribution in [3.8, 4) is 0 Å². The summed E-state index contributed by atoms with van der Waals surface area (Å²) in [6.45, 7) is 8.53. The van der Waals surface area contributed by atoms with Crippen molar-refractivity contribution in [3.05, 3.63) is 35.4 Å². The summed E-state index contributed by atoms with van der Waals surface area (Å²) in [5, 5.41) is 9.19. The molecule has 3 rings (SSSR count). The fourth-order valence-corrected chi connectivity index (χ4v) is 4.05. The number of nitrogens with one attached hydrogen (secondary N) is 3. The second kappa shape index (κ2) is 9.08. The molecule has 2 aliphatic rings. The maximum Gasteiger partial charge on any atom is 0.251 e. The fraction of sp³-hybridized carbons (Fsp3) is 0.571. The number of amides is 2. The van der Waals surface area contributed by atoms with Gasteiger partial charge in [-0.05, 0) is 44.4 Å². The van der Waals surface area contributed by atoms with Gasteiger partial charge in [-0.15, -0.1) is 0 Å². The molecular weight excluding hydrogens is 354 g/mol. The van der Waals surface area contributed by atoms with Crippen LogP contribution in [0.15, 0.2) is 29.3 Å². The Morgan fingerprint density at radius 3 is 2.61 bits per heavy atom. The van der Waals surface area contributed by atoms with E-state index in [0.29, 0.717) is 25.1 Å². The minimum atomic E-state index is -0.0516. The van der Waals surface area contributed by atoms with E-state index in [0.717, 1.165) is 50.5 Å². The zero-order chi connectivity index (χ0) is 20.0. The van der Waals surface area contributed by atoms with Gasteiger partial charge in [0.1, 0.15) is 0 Å². The van der Waals surface area contributed by atoms with Crippen LogP contribution in [0.25, 0.3) is 0 Å². The normalized spacial score (nSPS) is 22.3. The quantitative estimate of drug-likeness (QED) is 0.530. The number of aliphatic imine (C=N–C) groups is 1. The summed E-state index contributed by atoms with van der Waals surface area (Å²) in [7, 11) is 0. The highest BCUT2D eigenvalue weighted by atomic mass is 16.2. The lowest BCUT2D eigenvalue weighted by Crippen LogP contribution is -2.51. The van der Waals surface area contributed by atoms with Gasteiger partial charge in [-0.25, -0.2) is 4.99 Å². The first-order valence-corrected chi connectivity index (χ1v) is 10.2. The molecule has 0 aromatic heterocycles. The Bertz CT molecular complexity index is 731. The maximum atomic E-state index is 11.9. The van der Waals surface area contributed by atoms with E-state index in [-0.39, 0.29) is 17.2 Å². The predicted octanol–water partition coefficient (Wildman–Crippen LogP) is 1.50. The van der Waals surface area contributed by atoms with E-state index in [1.165, 1.54) is 0 Å². The summed E-state index contributed by atoms with van der Waals surface area (Å²) in [6.07, 6.45) is 2.77. The number of carbonyl (C=O) groups is 2. The van der Waals surface area contributed by atoms with E-state index in [1.54, 1.807) is 0 Å². The molecule has 0 aliphatic carbocycles. The van der Waals surface area contributed by atoms with Crippen molar-refractivity contribution in [2.75, 3.05) is 32.7 Å². The molecule has 2 fully saturated rings. The van der Waals surface area contributed by atoms with Crippen LogP contribution < -0.4 is 16.0 Å². The Morgan fingerprint density at radius 2 is 1.96 bits per heavy atom. The highest BCUT2D eigenvalue weighted by Crippen LogP contribution is 2.36. The molecule has 3 N–H and O–H groups in total. The number of likely N-dealkylation sites (tertiary alicyclic amines) is 1. The third-order valence-corrected chi connectivity index (χ3v) is 5.46. The fourth-order valence-electron chi connectivity index (χ4n) is 4.05. The lowest BCUT2D eigenvalue weighted by molar-refractivity contribution is -0.119. The van der Waals surface area contributed by atoms with Crippen molar-refractivity contribution in [1.82, 2.24) is 20.9 Å². The number of piperidine rings is 1. The Kier molecular flexibility index (Phi) is 6.54. The van der Waals surface area contributed by atoms with Crippen molar-refractivity contribution < 1.29 is 9.59 Å². The number of hydrogen-bond acceptors (Lipinski definition) is 3.